The number of aliphatic hydroxyl groups excluding tert-OH is 1. The fraction of sp³-hybridized carbons (Fsp3) is 0.769. The van der Waals surface area contributed by atoms with E-state index in [1.807, 2.05) is 0 Å². The van der Waals surface area contributed by atoms with Crippen LogP contribution in [0, 0.1) is 5.92 Å². The third-order valence-electron chi connectivity index (χ3n) is 3.64. The van der Waals surface area contributed by atoms with Crippen molar-refractivity contribution in [1.82, 2.24) is 10.2 Å². The molecule has 2 amide bonds. The number of nitrogens with two attached hydrogens (primary N) is 1. The second-order valence-electron chi connectivity index (χ2n) is 5.54. The minimum Gasteiger partial charge on any atom is -0.480 e. The summed E-state index contributed by atoms with van der Waals surface area (Å²) < 4.78 is 0. The van der Waals surface area contributed by atoms with E-state index in [9.17, 15) is 19.5 Å². The highest BCUT2D eigenvalue weighted by atomic mass is 16.4. The largest absolute Gasteiger partial charge is 0.480 e. The van der Waals surface area contributed by atoms with Crippen molar-refractivity contribution < 1.29 is 24.6 Å². The van der Waals surface area contributed by atoms with Crippen LogP contribution in [-0.2, 0) is 14.4 Å². The number of hydrogen-bond donors (Lipinski definition) is 4. The molecule has 0 saturated carbocycles. The first-order valence-corrected chi connectivity index (χ1v) is 6.99. The monoisotopic (exact) mass is 301 g/mol. The molecule has 0 unspecified atom stereocenters. The molecule has 1 fully saturated rings. The smallest absolute Gasteiger partial charge is 0.326 e. The molecule has 8 nitrogen and oxygen atoms in total. The van der Waals surface area contributed by atoms with Crippen molar-refractivity contribution in [3.63, 3.8) is 0 Å². The van der Waals surface area contributed by atoms with Crippen molar-refractivity contribution in [2.45, 2.75) is 44.8 Å². The number of carboxylic acid groups (broad SMARTS) is 1. The van der Waals surface area contributed by atoms with Crippen LogP contribution in [0.15, 0.2) is 0 Å². The summed E-state index contributed by atoms with van der Waals surface area (Å²) in [5, 5.41) is 20.8. The van der Waals surface area contributed by atoms with Gasteiger partial charge in [-0.1, -0.05) is 13.8 Å². The summed E-state index contributed by atoms with van der Waals surface area (Å²) in [6, 6.07) is -2.86. The van der Waals surface area contributed by atoms with Gasteiger partial charge in [-0.05, 0) is 18.8 Å². The first-order valence-electron chi connectivity index (χ1n) is 6.99. The summed E-state index contributed by atoms with van der Waals surface area (Å²) in [5.41, 5.74) is 5.68. The van der Waals surface area contributed by atoms with Gasteiger partial charge < -0.3 is 26.2 Å². The maximum atomic E-state index is 12.3. The summed E-state index contributed by atoms with van der Waals surface area (Å²) in [7, 11) is 0. The van der Waals surface area contributed by atoms with E-state index in [-0.39, 0.29) is 5.92 Å². The van der Waals surface area contributed by atoms with Gasteiger partial charge in [0.1, 0.15) is 12.1 Å². The minimum absolute atomic E-state index is 0.113. The molecule has 1 saturated heterocycles. The number of carboxylic acids is 1. The van der Waals surface area contributed by atoms with Crippen LogP contribution >= 0.6 is 0 Å². The van der Waals surface area contributed by atoms with E-state index in [0.29, 0.717) is 19.4 Å². The van der Waals surface area contributed by atoms with Crippen molar-refractivity contribution >= 4 is 17.8 Å². The summed E-state index contributed by atoms with van der Waals surface area (Å²) in [5.74, 6) is -2.32. The zero-order valence-corrected chi connectivity index (χ0v) is 12.3. The molecular weight excluding hydrogens is 278 g/mol. The quantitative estimate of drug-likeness (QED) is 0.473. The Morgan fingerprint density at radius 2 is 2.00 bits per heavy atom. The van der Waals surface area contributed by atoms with E-state index in [2.05, 4.69) is 5.32 Å². The molecule has 1 aliphatic rings. The molecule has 0 radical (unpaired) electrons. The number of aliphatic carboxylic acids is 1. The molecule has 0 bridgehead atoms. The third kappa shape index (κ3) is 4.15. The Balaban J connectivity index is 2.73. The lowest BCUT2D eigenvalue weighted by atomic mass is 10.0. The second-order valence-corrected chi connectivity index (χ2v) is 5.54. The predicted molar refractivity (Wildman–Crippen MR) is 74.2 cm³/mol. The molecule has 5 N–H and O–H groups in total. The Labute approximate surface area is 123 Å². The Bertz CT molecular complexity index is 413. The van der Waals surface area contributed by atoms with Gasteiger partial charge in [-0.2, -0.15) is 0 Å². The van der Waals surface area contributed by atoms with E-state index in [1.165, 1.54) is 4.90 Å². The van der Waals surface area contributed by atoms with E-state index >= 15 is 0 Å². The van der Waals surface area contributed by atoms with Crippen LogP contribution in [0.4, 0.5) is 0 Å². The molecule has 0 spiro atoms. The Morgan fingerprint density at radius 1 is 1.38 bits per heavy atom. The molecule has 1 heterocycles. The van der Waals surface area contributed by atoms with Crippen molar-refractivity contribution in [3.8, 4) is 0 Å². The van der Waals surface area contributed by atoms with Gasteiger partial charge in [0.2, 0.25) is 11.8 Å². The maximum Gasteiger partial charge on any atom is 0.326 e. The molecule has 0 aliphatic carbocycles. The molecule has 1 aliphatic heterocycles. The number of amides is 2. The summed E-state index contributed by atoms with van der Waals surface area (Å²) in [6.07, 6.45) is 0.957. The van der Waals surface area contributed by atoms with E-state index in [1.54, 1.807) is 13.8 Å². The molecule has 3 atom stereocenters. The summed E-state index contributed by atoms with van der Waals surface area (Å²) in [6.45, 7) is 3.23. The van der Waals surface area contributed by atoms with Crippen LogP contribution < -0.4 is 11.1 Å². The van der Waals surface area contributed by atoms with Crippen LogP contribution in [0.2, 0.25) is 0 Å². The number of nitrogens with one attached hydrogen (secondary N) is 1. The van der Waals surface area contributed by atoms with Crippen molar-refractivity contribution in [1.29, 1.82) is 0 Å². The van der Waals surface area contributed by atoms with Crippen LogP contribution in [0.25, 0.3) is 0 Å². The first-order chi connectivity index (χ1) is 9.79. The Morgan fingerprint density at radius 3 is 2.48 bits per heavy atom. The lowest BCUT2D eigenvalue weighted by Gasteiger charge is -2.27. The van der Waals surface area contributed by atoms with Gasteiger partial charge in [0.15, 0.2) is 0 Å². The summed E-state index contributed by atoms with van der Waals surface area (Å²) in [4.78, 5) is 36.4. The average molecular weight is 301 g/mol. The molecule has 21 heavy (non-hydrogen) atoms. The fourth-order valence-electron chi connectivity index (χ4n) is 2.24. The lowest BCUT2D eigenvalue weighted by molar-refractivity contribution is -0.150. The van der Waals surface area contributed by atoms with Gasteiger partial charge in [0.25, 0.3) is 0 Å². The zero-order chi connectivity index (χ0) is 16.2. The van der Waals surface area contributed by atoms with Gasteiger partial charge in [-0.3, -0.25) is 9.59 Å². The predicted octanol–water partition coefficient (Wildman–Crippen LogP) is -1.48. The third-order valence-corrected chi connectivity index (χ3v) is 3.64. The number of nitrogens with zero attached hydrogens (tertiary/aromatic N) is 1. The minimum atomic E-state index is -1.16. The fourth-order valence-corrected chi connectivity index (χ4v) is 2.24. The topological polar surface area (TPSA) is 133 Å². The Hall–Kier alpha value is -1.67. The number of likely N-dealkylation sites (tertiary alicyclic amines) is 1. The van der Waals surface area contributed by atoms with E-state index in [4.69, 9.17) is 10.8 Å². The average Bonchev–Trinajstić information content (AvgIpc) is 2.92. The van der Waals surface area contributed by atoms with Crippen LogP contribution in [0.3, 0.4) is 0 Å². The van der Waals surface area contributed by atoms with E-state index in [0.717, 1.165) is 0 Å². The molecular formula is C13H23N3O5. The SMILES string of the molecule is CC(C)[C@H](N)C(=O)N[C@@H](CO)C(=O)N1CCC[C@H]1C(=O)O. The van der Waals surface area contributed by atoms with Crippen molar-refractivity contribution in [3.05, 3.63) is 0 Å². The summed E-state index contributed by atoms with van der Waals surface area (Å²) >= 11 is 0. The van der Waals surface area contributed by atoms with Gasteiger partial charge in [-0.15, -0.1) is 0 Å². The maximum absolute atomic E-state index is 12.3. The second kappa shape index (κ2) is 7.37. The highest BCUT2D eigenvalue weighted by Gasteiger charge is 2.37. The normalized spacial score (nSPS) is 21.2. The van der Waals surface area contributed by atoms with Crippen LogP contribution in [-0.4, -0.2) is 64.2 Å². The molecule has 0 aromatic rings. The number of aliphatic hydroxyl groups is 1. The van der Waals surface area contributed by atoms with Gasteiger partial charge >= 0.3 is 5.97 Å². The number of hydrogen-bond acceptors (Lipinski definition) is 5. The molecule has 1 rings (SSSR count). The Kier molecular flexibility index (Phi) is 6.10. The molecule has 0 aromatic carbocycles. The number of rotatable bonds is 6. The zero-order valence-electron chi connectivity index (χ0n) is 12.3. The number of carbonyl (C=O) groups excluding carboxylic acids is 2. The van der Waals surface area contributed by atoms with Crippen molar-refractivity contribution in [2.75, 3.05) is 13.2 Å². The van der Waals surface area contributed by atoms with Gasteiger partial charge in [-0.25, -0.2) is 4.79 Å². The van der Waals surface area contributed by atoms with E-state index < -0.39 is 42.5 Å². The van der Waals surface area contributed by atoms with Gasteiger partial charge in [0.05, 0.1) is 12.6 Å². The molecule has 8 heteroatoms. The van der Waals surface area contributed by atoms with Gasteiger partial charge in [0, 0.05) is 6.54 Å². The van der Waals surface area contributed by atoms with Crippen LogP contribution in [0.5, 0.6) is 0 Å². The molecule has 120 valence electrons. The van der Waals surface area contributed by atoms with Crippen LogP contribution in [0.1, 0.15) is 26.7 Å². The highest BCUT2D eigenvalue weighted by molar-refractivity contribution is 5.92. The molecule has 0 aromatic heterocycles. The standard InChI is InChI=1S/C13H23N3O5/c1-7(2)10(14)11(18)15-8(6-17)12(19)16-5-3-4-9(16)13(20)21/h7-10,17H,3-6,14H2,1-2H3,(H,15,18)(H,20,21)/t8-,9-,10-/m0/s1. The highest BCUT2D eigenvalue weighted by Crippen LogP contribution is 2.18. The lowest BCUT2D eigenvalue weighted by Crippen LogP contribution is -2.56. The first kappa shape index (κ1) is 17.4. The number of carbonyl (C=O) groups is 3. The van der Waals surface area contributed by atoms with Crippen molar-refractivity contribution in [2.24, 2.45) is 11.7 Å².